The molecule has 1 aliphatic carbocycles. The number of nitrogens with zero attached hydrogens (tertiary/aromatic N) is 3. The molecule has 112 valence electrons. The number of aromatic nitrogens is 2. The van der Waals surface area contributed by atoms with Gasteiger partial charge >= 0.3 is 0 Å². The van der Waals surface area contributed by atoms with E-state index in [2.05, 4.69) is 18.9 Å². The van der Waals surface area contributed by atoms with Crippen molar-refractivity contribution in [3.05, 3.63) is 21.6 Å². The minimum Gasteiger partial charge on any atom is -0.368 e. The van der Waals surface area contributed by atoms with Crippen LogP contribution in [0.2, 0.25) is 5.02 Å². The van der Waals surface area contributed by atoms with Crippen LogP contribution in [0.5, 0.6) is 0 Å². The number of rotatable bonds is 6. The van der Waals surface area contributed by atoms with Crippen molar-refractivity contribution in [2.75, 3.05) is 25.0 Å². The summed E-state index contributed by atoms with van der Waals surface area (Å²) in [4.78, 5) is 14.4. The fourth-order valence-electron chi connectivity index (χ4n) is 2.26. The monoisotopic (exact) mass is 298 g/mol. The Balaban J connectivity index is 2.27. The molecular formula is C14H23ClN4O. The van der Waals surface area contributed by atoms with Crippen molar-refractivity contribution in [2.45, 2.75) is 33.2 Å². The van der Waals surface area contributed by atoms with Gasteiger partial charge in [-0.15, -0.1) is 0 Å². The molecule has 0 aliphatic heterocycles. The maximum Gasteiger partial charge on any atom is 0.291 e. The van der Waals surface area contributed by atoms with Gasteiger partial charge in [-0.2, -0.15) is 5.10 Å². The normalized spacial score (nSPS) is 15.4. The summed E-state index contributed by atoms with van der Waals surface area (Å²) in [6.45, 7) is 6.06. The number of hydrogen-bond acceptors (Lipinski definition) is 4. The highest BCUT2D eigenvalue weighted by Gasteiger charge is 2.25. The zero-order valence-electron chi connectivity index (χ0n) is 12.4. The van der Waals surface area contributed by atoms with Crippen LogP contribution in [0.3, 0.4) is 0 Å². The molecule has 6 heteroatoms. The fraction of sp³-hybridized carbons (Fsp3) is 0.714. The molecule has 0 spiro atoms. The third-order valence-corrected chi connectivity index (χ3v) is 3.98. The predicted octanol–water partition coefficient (Wildman–Crippen LogP) is 1.73. The van der Waals surface area contributed by atoms with E-state index in [1.807, 2.05) is 11.9 Å². The van der Waals surface area contributed by atoms with Gasteiger partial charge < -0.3 is 10.6 Å². The van der Waals surface area contributed by atoms with Crippen LogP contribution in [-0.4, -0.2) is 29.9 Å². The number of nitrogens with two attached hydrogens (primary N) is 1. The molecule has 2 rings (SSSR count). The zero-order chi connectivity index (χ0) is 14.9. The lowest BCUT2D eigenvalue weighted by Gasteiger charge is -2.30. The van der Waals surface area contributed by atoms with Crippen LogP contribution >= 0.6 is 11.6 Å². The first-order chi connectivity index (χ1) is 9.34. The van der Waals surface area contributed by atoms with Crippen molar-refractivity contribution in [3.8, 4) is 0 Å². The van der Waals surface area contributed by atoms with Crippen molar-refractivity contribution < 1.29 is 0 Å². The molecule has 1 aromatic rings. The van der Waals surface area contributed by atoms with Crippen LogP contribution in [0.1, 0.15) is 26.7 Å². The van der Waals surface area contributed by atoms with E-state index < -0.39 is 0 Å². The Morgan fingerprint density at radius 3 is 2.75 bits per heavy atom. The van der Waals surface area contributed by atoms with E-state index in [1.165, 1.54) is 17.5 Å². The maximum absolute atomic E-state index is 12.5. The third kappa shape index (κ3) is 3.52. The SMILES string of the molecule is CN(CC(C)(C)CN)c1c(Cl)cnn(CC2CC2)c1=O. The molecule has 0 saturated heterocycles. The van der Waals surface area contributed by atoms with E-state index in [0.717, 1.165) is 0 Å². The lowest BCUT2D eigenvalue weighted by atomic mass is 9.93. The Morgan fingerprint density at radius 2 is 2.20 bits per heavy atom. The van der Waals surface area contributed by atoms with Gasteiger partial charge in [0, 0.05) is 20.1 Å². The Bertz CT molecular complexity index is 536. The smallest absolute Gasteiger partial charge is 0.291 e. The van der Waals surface area contributed by atoms with E-state index in [4.69, 9.17) is 17.3 Å². The van der Waals surface area contributed by atoms with Crippen molar-refractivity contribution in [1.82, 2.24) is 9.78 Å². The molecule has 1 aliphatic rings. The molecule has 0 amide bonds. The summed E-state index contributed by atoms with van der Waals surface area (Å²) in [5, 5.41) is 4.54. The summed E-state index contributed by atoms with van der Waals surface area (Å²) in [5.41, 5.74) is 6.09. The van der Waals surface area contributed by atoms with Crippen LogP contribution in [0.25, 0.3) is 0 Å². The highest BCUT2D eigenvalue weighted by atomic mass is 35.5. The van der Waals surface area contributed by atoms with Gasteiger partial charge in [-0.3, -0.25) is 4.79 Å². The molecule has 1 heterocycles. The van der Waals surface area contributed by atoms with Crippen LogP contribution in [0, 0.1) is 11.3 Å². The van der Waals surface area contributed by atoms with Crippen molar-refractivity contribution >= 4 is 17.3 Å². The average Bonchev–Trinajstić information content (AvgIpc) is 3.16. The summed E-state index contributed by atoms with van der Waals surface area (Å²) in [7, 11) is 1.88. The van der Waals surface area contributed by atoms with E-state index in [9.17, 15) is 4.79 Å². The average molecular weight is 299 g/mol. The molecule has 0 unspecified atom stereocenters. The quantitative estimate of drug-likeness (QED) is 0.869. The molecule has 1 fully saturated rings. The number of halogens is 1. The molecule has 1 saturated carbocycles. The second-order valence-electron chi connectivity index (χ2n) is 6.50. The van der Waals surface area contributed by atoms with Gasteiger partial charge in [-0.25, -0.2) is 4.68 Å². The van der Waals surface area contributed by atoms with Crippen LogP contribution in [0.15, 0.2) is 11.0 Å². The molecule has 0 radical (unpaired) electrons. The summed E-state index contributed by atoms with van der Waals surface area (Å²) >= 11 is 6.17. The zero-order valence-corrected chi connectivity index (χ0v) is 13.2. The molecule has 5 nitrogen and oxygen atoms in total. The topological polar surface area (TPSA) is 64.2 Å². The highest BCUT2D eigenvalue weighted by molar-refractivity contribution is 6.33. The molecule has 1 aromatic heterocycles. The summed E-state index contributed by atoms with van der Waals surface area (Å²) in [5.74, 6) is 0.597. The van der Waals surface area contributed by atoms with E-state index in [0.29, 0.717) is 36.3 Å². The first-order valence-corrected chi connectivity index (χ1v) is 7.38. The van der Waals surface area contributed by atoms with Gasteiger partial charge in [0.1, 0.15) is 5.69 Å². The van der Waals surface area contributed by atoms with Gasteiger partial charge in [0.05, 0.1) is 11.2 Å². The maximum atomic E-state index is 12.5. The van der Waals surface area contributed by atoms with Gasteiger partial charge in [-0.05, 0) is 30.7 Å². The number of hydrogen-bond donors (Lipinski definition) is 1. The third-order valence-electron chi connectivity index (χ3n) is 3.70. The summed E-state index contributed by atoms with van der Waals surface area (Å²) < 4.78 is 1.53. The van der Waals surface area contributed by atoms with Crippen molar-refractivity contribution in [2.24, 2.45) is 17.1 Å². The van der Waals surface area contributed by atoms with E-state index in [1.54, 1.807) is 6.20 Å². The Morgan fingerprint density at radius 1 is 1.55 bits per heavy atom. The second kappa shape index (κ2) is 5.74. The Labute approximate surface area is 124 Å². The summed E-state index contributed by atoms with van der Waals surface area (Å²) in [6, 6.07) is 0. The minimum atomic E-state index is -0.111. The van der Waals surface area contributed by atoms with Gasteiger partial charge in [0.25, 0.3) is 5.56 Å². The van der Waals surface area contributed by atoms with Gasteiger partial charge in [0.2, 0.25) is 0 Å². The van der Waals surface area contributed by atoms with Crippen LogP contribution < -0.4 is 16.2 Å². The van der Waals surface area contributed by atoms with Crippen molar-refractivity contribution in [1.29, 1.82) is 0 Å². The first kappa shape index (κ1) is 15.3. The first-order valence-electron chi connectivity index (χ1n) is 7.01. The molecule has 20 heavy (non-hydrogen) atoms. The van der Waals surface area contributed by atoms with E-state index in [-0.39, 0.29) is 11.0 Å². The van der Waals surface area contributed by atoms with E-state index >= 15 is 0 Å². The predicted molar refractivity (Wildman–Crippen MR) is 82.3 cm³/mol. The molecule has 0 aromatic carbocycles. The number of anilines is 1. The van der Waals surface area contributed by atoms with Gasteiger partial charge in [0.15, 0.2) is 0 Å². The lowest BCUT2D eigenvalue weighted by molar-refractivity contribution is 0.384. The van der Waals surface area contributed by atoms with Gasteiger partial charge in [-0.1, -0.05) is 25.4 Å². The summed E-state index contributed by atoms with van der Waals surface area (Å²) in [6.07, 6.45) is 3.93. The molecule has 0 atom stereocenters. The highest BCUT2D eigenvalue weighted by Crippen LogP contribution is 2.30. The van der Waals surface area contributed by atoms with Crippen LogP contribution in [0.4, 0.5) is 5.69 Å². The molecule has 2 N–H and O–H groups in total. The van der Waals surface area contributed by atoms with Crippen LogP contribution in [-0.2, 0) is 6.54 Å². The Kier molecular flexibility index (Phi) is 4.39. The standard InChI is InChI=1S/C14H23ClN4O/c1-14(2,8-16)9-18(3)12-11(15)6-17-19(13(12)20)7-10-4-5-10/h6,10H,4-5,7-9,16H2,1-3H3. The van der Waals surface area contributed by atoms with Crippen molar-refractivity contribution in [3.63, 3.8) is 0 Å². The largest absolute Gasteiger partial charge is 0.368 e. The minimum absolute atomic E-state index is 0.0743. The fourth-order valence-corrected chi connectivity index (χ4v) is 2.53. The molecule has 0 bridgehead atoms. The Hall–Kier alpha value is -1.07. The molecular weight excluding hydrogens is 276 g/mol. The lowest BCUT2D eigenvalue weighted by Crippen LogP contribution is -2.40. The second-order valence-corrected chi connectivity index (χ2v) is 6.90.